The van der Waals surface area contributed by atoms with Crippen LogP contribution in [0.15, 0.2) is 24.3 Å². The van der Waals surface area contributed by atoms with Crippen molar-refractivity contribution < 1.29 is 14.3 Å². The van der Waals surface area contributed by atoms with Crippen LogP contribution in [0, 0.1) is 0 Å². The van der Waals surface area contributed by atoms with E-state index < -0.39 is 0 Å². The van der Waals surface area contributed by atoms with Crippen molar-refractivity contribution in [2.45, 2.75) is 57.1 Å². The zero-order valence-electron chi connectivity index (χ0n) is 15.1. The Labute approximate surface area is 154 Å². The molecule has 1 aromatic rings. The molecule has 1 aliphatic carbocycles. The minimum Gasteiger partial charge on any atom is -0.376 e. The Kier molecular flexibility index (Phi) is 6.71. The van der Waals surface area contributed by atoms with Crippen LogP contribution in [0.3, 0.4) is 0 Å². The Morgan fingerprint density at radius 1 is 0.885 bits per heavy atom. The number of urea groups is 2. The van der Waals surface area contributed by atoms with E-state index in [9.17, 15) is 9.59 Å². The number of benzene rings is 1. The van der Waals surface area contributed by atoms with E-state index in [2.05, 4.69) is 21.3 Å². The van der Waals surface area contributed by atoms with Gasteiger partial charge in [-0.05, 0) is 49.9 Å². The molecule has 26 heavy (non-hydrogen) atoms. The molecule has 1 heterocycles. The molecule has 0 bridgehead atoms. The van der Waals surface area contributed by atoms with Crippen LogP contribution in [-0.4, -0.2) is 37.4 Å². The van der Waals surface area contributed by atoms with Gasteiger partial charge >= 0.3 is 12.1 Å². The Bertz CT molecular complexity index is 593. The maximum Gasteiger partial charge on any atom is 0.319 e. The number of ether oxygens (including phenoxy) is 1. The van der Waals surface area contributed by atoms with Gasteiger partial charge in [-0.1, -0.05) is 19.3 Å². The summed E-state index contributed by atoms with van der Waals surface area (Å²) < 4.78 is 5.47. The number of carbonyl (C=O) groups is 2. The lowest BCUT2D eigenvalue weighted by Crippen LogP contribution is -2.39. The van der Waals surface area contributed by atoms with E-state index in [1.165, 1.54) is 19.3 Å². The minimum atomic E-state index is -0.253. The molecule has 0 spiro atoms. The zero-order chi connectivity index (χ0) is 18.2. The SMILES string of the molecule is O=C(NCC1CCCO1)Nc1ccc(NC(=O)NC2CCCCC2)cc1. The molecule has 7 heteroatoms. The summed E-state index contributed by atoms with van der Waals surface area (Å²) in [6, 6.07) is 6.93. The normalized spacial score (nSPS) is 20.4. The van der Waals surface area contributed by atoms with Gasteiger partial charge in [0.2, 0.25) is 0 Å². The highest BCUT2D eigenvalue weighted by Crippen LogP contribution is 2.18. The molecule has 4 N–H and O–H groups in total. The van der Waals surface area contributed by atoms with Gasteiger partial charge in [0.25, 0.3) is 0 Å². The Balaban J connectivity index is 1.39. The quantitative estimate of drug-likeness (QED) is 0.648. The minimum absolute atomic E-state index is 0.120. The highest BCUT2D eigenvalue weighted by molar-refractivity contribution is 5.91. The van der Waals surface area contributed by atoms with Gasteiger partial charge in [-0.15, -0.1) is 0 Å². The molecule has 1 aliphatic heterocycles. The molecule has 1 unspecified atom stereocenters. The predicted molar refractivity (Wildman–Crippen MR) is 101 cm³/mol. The first kappa shape index (κ1) is 18.5. The van der Waals surface area contributed by atoms with Crippen LogP contribution in [0.4, 0.5) is 21.0 Å². The number of hydrogen-bond acceptors (Lipinski definition) is 3. The number of nitrogens with one attached hydrogen (secondary N) is 4. The molecule has 4 amide bonds. The van der Waals surface area contributed by atoms with Crippen LogP contribution < -0.4 is 21.3 Å². The first-order valence-electron chi connectivity index (χ1n) is 9.53. The summed E-state index contributed by atoms with van der Waals surface area (Å²) in [6.07, 6.45) is 7.89. The van der Waals surface area contributed by atoms with Crippen LogP contribution in [0.1, 0.15) is 44.9 Å². The molecule has 0 radical (unpaired) electrons. The molecular weight excluding hydrogens is 332 g/mol. The maximum atomic E-state index is 12.0. The van der Waals surface area contributed by atoms with Gasteiger partial charge in [0.1, 0.15) is 0 Å². The first-order chi connectivity index (χ1) is 12.7. The molecule has 1 saturated carbocycles. The Morgan fingerprint density at radius 3 is 2.15 bits per heavy atom. The van der Waals surface area contributed by atoms with Crippen molar-refractivity contribution in [2.24, 2.45) is 0 Å². The van der Waals surface area contributed by atoms with Crippen molar-refractivity contribution >= 4 is 23.4 Å². The third kappa shape index (κ3) is 5.91. The highest BCUT2D eigenvalue weighted by atomic mass is 16.5. The van der Waals surface area contributed by atoms with E-state index >= 15 is 0 Å². The summed E-state index contributed by atoms with van der Waals surface area (Å²) in [4.78, 5) is 23.9. The molecule has 7 nitrogen and oxygen atoms in total. The maximum absolute atomic E-state index is 12.0. The van der Waals surface area contributed by atoms with Crippen LogP contribution in [0.5, 0.6) is 0 Å². The van der Waals surface area contributed by atoms with Crippen molar-refractivity contribution in [3.05, 3.63) is 24.3 Å². The summed E-state index contributed by atoms with van der Waals surface area (Å²) in [6.45, 7) is 1.30. The number of carbonyl (C=O) groups excluding carboxylic acids is 2. The average Bonchev–Trinajstić information content (AvgIpc) is 3.16. The van der Waals surface area contributed by atoms with Crippen molar-refractivity contribution in [1.29, 1.82) is 0 Å². The third-order valence-corrected chi connectivity index (χ3v) is 4.86. The van der Waals surface area contributed by atoms with E-state index in [-0.39, 0.29) is 24.2 Å². The van der Waals surface area contributed by atoms with E-state index in [4.69, 9.17) is 4.74 Å². The molecule has 1 saturated heterocycles. The Hall–Kier alpha value is -2.28. The summed E-state index contributed by atoms with van der Waals surface area (Å²) in [5, 5.41) is 11.4. The van der Waals surface area contributed by atoms with Gasteiger partial charge in [-0.2, -0.15) is 0 Å². The molecule has 0 aromatic heterocycles. The van der Waals surface area contributed by atoms with Gasteiger partial charge in [0, 0.05) is 30.6 Å². The fraction of sp³-hybridized carbons (Fsp3) is 0.579. The van der Waals surface area contributed by atoms with Gasteiger partial charge in [0.05, 0.1) is 6.10 Å². The van der Waals surface area contributed by atoms with Crippen LogP contribution in [0.25, 0.3) is 0 Å². The van der Waals surface area contributed by atoms with E-state index in [0.717, 1.165) is 32.3 Å². The standard InChI is InChI=1S/C19H28N4O3/c24-18(20-13-17-7-4-12-26-17)21-15-8-10-16(11-9-15)23-19(25)22-14-5-2-1-3-6-14/h8-11,14,17H,1-7,12-13H2,(H2,20,21,24)(H2,22,23,25). The molecule has 1 atom stereocenters. The third-order valence-electron chi connectivity index (χ3n) is 4.86. The summed E-state index contributed by atoms with van der Waals surface area (Å²) in [7, 11) is 0. The van der Waals surface area contributed by atoms with Crippen LogP contribution >= 0.6 is 0 Å². The fourth-order valence-electron chi connectivity index (χ4n) is 3.42. The van der Waals surface area contributed by atoms with Crippen molar-refractivity contribution in [1.82, 2.24) is 10.6 Å². The van der Waals surface area contributed by atoms with Crippen molar-refractivity contribution in [3.8, 4) is 0 Å². The van der Waals surface area contributed by atoms with Crippen LogP contribution in [0.2, 0.25) is 0 Å². The predicted octanol–water partition coefficient (Wildman–Crippen LogP) is 3.44. The second kappa shape index (κ2) is 9.43. The van der Waals surface area contributed by atoms with E-state index in [1.54, 1.807) is 24.3 Å². The molecule has 1 aromatic carbocycles. The topological polar surface area (TPSA) is 91.5 Å². The number of rotatable bonds is 5. The number of hydrogen-bond donors (Lipinski definition) is 4. The monoisotopic (exact) mass is 360 g/mol. The zero-order valence-corrected chi connectivity index (χ0v) is 15.1. The van der Waals surface area contributed by atoms with Gasteiger partial charge < -0.3 is 26.0 Å². The summed E-state index contributed by atoms with van der Waals surface area (Å²) >= 11 is 0. The van der Waals surface area contributed by atoms with Gasteiger partial charge in [-0.25, -0.2) is 9.59 Å². The summed E-state index contributed by atoms with van der Waals surface area (Å²) in [5.41, 5.74) is 1.37. The second-order valence-electron chi connectivity index (χ2n) is 6.98. The van der Waals surface area contributed by atoms with Crippen molar-refractivity contribution in [2.75, 3.05) is 23.8 Å². The van der Waals surface area contributed by atoms with E-state index in [0.29, 0.717) is 17.9 Å². The lowest BCUT2D eigenvalue weighted by Gasteiger charge is -2.22. The second-order valence-corrected chi connectivity index (χ2v) is 6.98. The van der Waals surface area contributed by atoms with E-state index in [1.807, 2.05) is 0 Å². The molecule has 3 rings (SSSR count). The Morgan fingerprint density at radius 2 is 1.54 bits per heavy atom. The molecule has 2 fully saturated rings. The van der Waals surface area contributed by atoms with Crippen LogP contribution in [-0.2, 0) is 4.74 Å². The van der Waals surface area contributed by atoms with Gasteiger partial charge in [-0.3, -0.25) is 0 Å². The van der Waals surface area contributed by atoms with Crippen molar-refractivity contribution in [3.63, 3.8) is 0 Å². The molecular formula is C19H28N4O3. The number of amides is 4. The lowest BCUT2D eigenvalue weighted by molar-refractivity contribution is 0.112. The molecule has 142 valence electrons. The molecule has 2 aliphatic rings. The largest absolute Gasteiger partial charge is 0.376 e. The van der Waals surface area contributed by atoms with Gasteiger partial charge in [0.15, 0.2) is 0 Å². The highest BCUT2D eigenvalue weighted by Gasteiger charge is 2.17. The smallest absolute Gasteiger partial charge is 0.319 e. The summed E-state index contributed by atoms with van der Waals surface area (Å²) in [5.74, 6) is 0. The average molecular weight is 360 g/mol. The number of anilines is 2. The first-order valence-corrected chi connectivity index (χ1v) is 9.53. The fourth-order valence-corrected chi connectivity index (χ4v) is 3.42. The lowest BCUT2D eigenvalue weighted by atomic mass is 9.96.